The Labute approximate surface area is 156 Å². The Morgan fingerprint density at radius 3 is 3.00 bits per heavy atom. The number of rotatable bonds is 3. The van der Waals surface area contributed by atoms with E-state index in [2.05, 4.69) is 21.0 Å². The molecular weight excluding hydrogens is 342 g/mol. The number of H-pyrrole nitrogens is 1. The van der Waals surface area contributed by atoms with E-state index < -0.39 is 0 Å². The largest absolute Gasteiger partial charge is 0.471 e. The molecule has 1 amide bonds. The van der Waals surface area contributed by atoms with E-state index in [9.17, 15) is 10.1 Å². The molecule has 0 bridgehead atoms. The van der Waals surface area contributed by atoms with Gasteiger partial charge in [-0.05, 0) is 13.0 Å². The first-order valence-electron chi connectivity index (χ1n) is 8.83. The number of para-hydroxylation sites is 1. The number of likely N-dealkylation sites (tertiary alicyclic amines) is 1. The van der Waals surface area contributed by atoms with Gasteiger partial charge in [0, 0.05) is 37.0 Å². The summed E-state index contributed by atoms with van der Waals surface area (Å²) in [6, 6.07) is 7.79. The van der Waals surface area contributed by atoms with E-state index >= 15 is 0 Å². The van der Waals surface area contributed by atoms with Crippen LogP contribution in [-0.4, -0.2) is 45.0 Å². The molecule has 0 unspecified atom stereocenters. The number of nitrogens with zero attached hydrogens (tertiary/aromatic N) is 4. The average molecular weight is 361 g/mol. The highest BCUT2D eigenvalue weighted by Gasteiger charge is 2.26. The summed E-state index contributed by atoms with van der Waals surface area (Å²) in [5.41, 5.74) is 3.70. The van der Waals surface area contributed by atoms with Crippen molar-refractivity contribution in [2.24, 2.45) is 0 Å². The number of aryl methyl sites for hydroxylation is 1. The third-order valence-corrected chi connectivity index (χ3v) is 4.88. The summed E-state index contributed by atoms with van der Waals surface area (Å²) in [5.74, 6) is 0.557. The number of carbonyl (C=O) groups excluding carboxylic acids is 1. The molecule has 0 spiro atoms. The lowest BCUT2D eigenvalue weighted by molar-refractivity contribution is -0.128. The number of ether oxygens (including phenoxy) is 1. The van der Waals surface area contributed by atoms with Crippen molar-refractivity contribution < 1.29 is 9.53 Å². The molecule has 7 nitrogen and oxygen atoms in total. The fourth-order valence-corrected chi connectivity index (χ4v) is 3.44. The summed E-state index contributed by atoms with van der Waals surface area (Å²) in [5, 5.41) is 10.2. The Bertz CT molecular complexity index is 1070. The highest BCUT2D eigenvalue weighted by atomic mass is 16.5. The van der Waals surface area contributed by atoms with E-state index in [1.807, 2.05) is 25.3 Å². The third kappa shape index (κ3) is 3.10. The molecule has 4 rings (SSSR count). The molecule has 1 saturated heterocycles. The van der Waals surface area contributed by atoms with Crippen LogP contribution in [0.1, 0.15) is 24.6 Å². The van der Waals surface area contributed by atoms with Gasteiger partial charge in [-0.1, -0.05) is 12.1 Å². The van der Waals surface area contributed by atoms with E-state index in [1.165, 1.54) is 0 Å². The molecule has 3 aromatic rings. The molecule has 1 aliphatic heterocycles. The van der Waals surface area contributed by atoms with Crippen LogP contribution in [-0.2, 0) is 4.79 Å². The van der Waals surface area contributed by atoms with Crippen LogP contribution in [0.15, 0.2) is 30.6 Å². The number of fused-ring (bicyclic) bond motifs is 1. The molecule has 1 aliphatic rings. The summed E-state index contributed by atoms with van der Waals surface area (Å²) in [6.45, 7) is 4.72. The molecule has 0 saturated carbocycles. The number of hydrogen-bond donors (Lipinski definition) is 1. The SMILES string of the molecule is CC(=O)N1CC[C@@H](Oc2ncc(-c3c[nH]c4c(C#N)cccc34)nc2C)C1. The summed E-state index contributed by atoms with van der Waals surface area (Å²) < 4.78 is 5.96. The van der Waals surface area contributed by atoms with Crippen molar-refractivity contribution in [3.8, 4) is 23.2 Å². The van der Waals surface area contributed by atoms with E-state index in [-0.39, 0.29) is 12.0 Å². The van der Waals surface area contributed by atoms with Crippen LogP contribution in [0.5, 0.6) is 5.88 Å². The maximum atomic E-state index is 11.5. The standard InChI is InChI=1S/C20H19N5O2/c1-12-20(27-15-6-7-25(11-15)13(2)26)23-10-18(24-12)17-9-22-19-14(8-21)4-3-5-16(17)19/h3-5,9-10,15,22H,6-7,11H2,1-2H3/t15-/m1/s1. The minimum absolute atomic E-state index is 0.0565. The van der Waals surface area contributed by atoms with Gasteiger partial charge in [-0.2, -0.15) is 5.26 Å². The molecule has 7 heteroatoms. The lowest BCUT2D eigenvalue weighted by Crippen LogP contribution is -2.29. The molecular formula is C20H19N5O2. The Kier molecular flexibility index (Phi) is 4.24. The van der Waals surface area contributed by atoms with Crippen molar-refractivity contribution in [1.82, 2.24) is 19.9 Å². The Balaban J connectivity index is 1.60. The van der Waals surface area contributed by atoms with Crippen LogP contribution in [0.2, 0.25) is 0 Å². The quantitative estimate of drug-likeness (QED) is 0.774. The summed E-state index contributed by atoms with van der Waals surface area (Å²) in [4.78, 5) is 25.5. The normalized spacial score (nSPS) is 16.5. The average Bonchev–Trinajstić information content (AvgIpc) is 3.30. The molecule has 136 valence electrons. The van der Waals surface area contributed by atoms with Crippen molar-refractivity contribution in [1.29, 1.82) is 5.26 Å². The number of aromatic amines is 1. The summed E-state index contributed by atoms with van der Waals surface area (Å²) in [7, 11) is 0. The highest BCUT2D eigenvalue weighted by Crippen LogP contribution is 2.30. The molecule has 1 atom stereocenters. The monoisotopic (exact) mass is 361 g/mol. The van der Waals surface area contributed by atoms with Crippen molar-refractivity contribution in [2.45, 2.75) is 26.4 Å². The second kappa shape index (κ2) is 6.72. The molecule has 2 aromatic heterocycles. The van der Waals surface area contributed by atoms with Crippen LogP contribution in [0.3, 0.4) is 0 Å². The van der Waals surface area contributed by atoms with Gasteiger partial charge in [0.1, 0.15) is 17.9 Å². The van der Waals surface area contributed by atoms with Gasteiger partial charge < -0.3 is 14.6 Å². The van der Waals surface area contributed by atoms with Crippen molar-refractivity contribution in [3.63, 3.8) is 0 Å². The molecule has 1 fully saturated rings. The molecule has 1 aromatic carbocycles. The molecule has 0 aliphatic carbocycles. The first-order valence-corrected chi connectivity index (χ1v) is 8.83. The fourth-order valence-electron chi connectivity index (χ4n) is 3.44. The molecule has 0 radical (unpaired) electrons. The van der Waals surface area contributed by atoms with Gasteiger partial charge >= 0.3 is 0 Å². The second-order valence-electron chi connectivity index (χ2n) is 6.68. The number of amides is 1. The first-order chi connectivity index (χ1) is 13.1. The maximum absolute atomic E-state index is 11.5. The lowest BCUT2D eigenvalue weighted by atomic mass is 10.1. The number of nitriles is 1. The van der Waals surface area contributed by atoms with Crippen LogP contribution in [0.25, 0.3) is 22.2 Å². The van der Waals surface area contributed by atoms with Crippen molar-refractivity contribution in [3.05, 3.63) is 41.9 Å². The number of carbonyl (C=O) groups is 1. The van der Waals surface area contributed by atoms with Gasteiger partial charge in [0.05, 0.1) is 29.5 Å². The van der Waals surface area contributed by atoms with Crippen LogP contribution in [0, 0.1) is 18.3 Å². The van der Waals surface area contributed by atoms with E-state index in [0.29, 0.717) is 30.2 Å². The zero-order valence-corrected chi connectivity index (χ0v) is 15.2. The fraction of sp³-hybridized carbons (Fsp3) is 0.300. The zero-order valence-electron chi connectivity index (χ0n) is 15.2. The smallest absolute Gasteiger partial charge is 0.235 e. The maximum Gasteiger partial charge on any atom is 0.235 e. The Morgan fingerprint density at radius 1 is 1.44 bits per heavy atom. The topological polar surface area (TPSA) is 94.9 Å². The van der Waals surface area contributed by atoms with E-state index in [0.717, 1.165) is 28.6 Å². The molecule has 3 heterocycles. The number of benzene rings is 1. The minimum Gasteiger partial charge on any atom is -0.471 e. The van der Waals surface area contributed by atoms with Gasteiger partial charge in [0.15, 0.2) is 0 Å². The van der Waals surface area contributed by atoms with Gasteiger partial charge in [-0.3, -0.25) is 4.79 Å². The highest BCUT2D eigenvalue weighted by molar-refractivity contribution is 5.97. The third-order valence-electron chi connectivity index (χ3n) is 4.88. The van der Waals surface area contributed by atoms with Crippen LogP contribution >= 0.6 is 0 Å². The van der Waals surface area contributed by atoms with Crippen molar-refractivity contribution in [2.75, 3.05) is 13.1 Å². The Morgan fingerprint density at radius 2 is 2.30 bits per heavy atom. The number of aromatic nitrogens is 3. The molecule has 27 heavy (non-hydrogen) atoms. The minimum atomic E-state index is -0.0565. The lowest BCUT2D eigenvalue weighted by Gasteiger charge is -2.16. The van der Waals surface area contributed by atoms with Gasteiger partial charge in [0.25, 0.3) is 0 Å². The van der Waals surface area contributed by atoms with Crippen LogP contribution < -0.4 is 4.74 Å². The van der Waals surface area contributed by atoms with Gasteiger partial charge in [0.2, 0.25) is 11.8 Å². The van der Waals surface area contributed by atoms with Crippen molar-refractivity contribution >= 4 is 16.8 Å². The predicted molar refractivity (Wildman–Crippen MR) is 100 cm³/mol. The predicted octanol–water partition coefficient (Wildman–Crippen LogP) is 2.80. The van der Waals surface area contributed by atoms with E-state index in [4.69, 9.17) is 4.74 Å². The molecule has 1 N–H and O–H groups in total. The van der Waals surface area contributed by atoms with Gasteiger partial charge in [-0.15, -0.1) is 0 Å². The number of nitrogens with one attached hydrogen (secondary N) is 1. The first kappa shape index (κ1) is 17.0. The van der Waals surface area contributed by atoms with Crippen LogP contribution in [0.4, 0.5) is 0 Å². The second-order valence-corrected chi connectivity index (χ2v) is 6.68. The summed E-state index contributed by atoms with van der Waals surface area (Å²) in [6.07, 6.45) is 4.26. The van der Waals surface area contributed by atoms with Gasteiger partial charge in [-0.25, -0.2) is 9.97 Å². The Hall–Kier alpha value is -3.40. The zero-order chi connectivity index (χ0) is 19.0. The summed E-state index contributed by atoms with van der Waals surface area (Å²) >= 11 is 0. The number of hydrogen-bond acceptors (Lipinski definition) is 5. The van der Waals surface area contributed by atoms with E-state index in [1.54, 1.807) is 24.1 Å².